The number of likely N-dealkylation sites (tertiary alicyclic amines) is 1. The third-order valence-electron chi connectivity index (χ3n) is 6.31. The first-order valence-corrected chi connectivity index (χ1v) is 9.92. The number of phenols is 1. The standard InChI is InChI=1S/C23H26N2O3/c1-4-7-19-23(17-8-5-6-9-18(17)24-22(23)28)10-11-25(19)21(27)16-12-14(2)20(26)15(3)13-16/h5-6,8-9,12-13,19,26H,4,7,10-11H2,1-3H3,(H,24,28)/t19-,23+/m0/s1. The van der Waals surface area contributed by atoms with Crippen LogP contribution in [0, 0.1) is 13.8 Å². The van der Waals surface area contributed by atoms with E-state index in [2.05, 4.69) is 12.2 Å². The van der Waals surface area contributed by atoms with Crippen LogP contribution in [0.15, 0.2) is 36.4 Å². The number of para-hydroxylation sites is 1. The molecule has 2 aliphatic rings. The lowest BCUT2D eigenvalue weighted by atomic mass is 9.73. The molecule has 0 aliphatic carbocycles. The first kappa shape index (κ1) is 18.5. The first-order valence-electron chi connectivity index (χ1n) is 9.92. The van der Waals surface area contributed by atoms with Gasteiger partial charge in [0.15, 0.2) is 0 Å². The van der Waals surface area contributed by atoms with Gasteiger partial charge >= 0.3 is 0 Å². The molecule has 4 rings (SSSR count). The van der Waals surface area contributed by atoms with Crippen molar-refractivity contribution in [2.45, 2.75) is 51.5 Å². The molecule has 0 saturated carbocycles. The molecule has 0 unspecified atom stereocenters. The summed E-state index contributed by atoms with van der Waals surface area (Å²) in [6.07, 6.45) is 2.28. The first-order chi connectivity index (χ1) is 13.4. The maximum absolute atomic E-state index is 13.4. The summed E-state index contributed by atoms with van der Waals surface area (Å²) in [7, 11) is 0. The number of hydrogen-bond donors (Lipinski definition) is 2. The van der Waals surface area contributed by atoms with E-state index in [-0.39, 0.29) is 23.6 Å². The molecule has 1 spiro atoms. The molecule has 2 aromatic rings. The SMILES string of the molecule is CCC[C@@H]1N(C(=O)c2cc(C)c(O)c(C)c2)CC[C@]12C(=O)Nc1ccccc12. The minimum atomic E-state index is -0.677. The number of nitrogens with one attached hydrogen (secondary N) is 1. The van der Waals surface area contributed by atoms with Crippen LogP contribution >= 0.6 is 0 Å². The normalized spacial score (nSPS) is 23.2. The largest absolute Gasteiger partial charge is 0.507 e. The van der Waals surface area contributed by atoms with Crippen LogP contribution < -0.4 is 5.32 Å². The van der Waals surface area contributed by atoms with Gasteiger partial charge in [-0.2, -0.15) is 0 Å². The zero-order valence-corrected chi connectivity index (χ0v) is 16.6. The van der Waals surface area contributed by atoms with E-state index in [1.165, 1.54) is 0 Å². The summed E-state index contributed by atoms with van der Waals surface area (Å²) in [6, 6.07) is 11.1. The Morgan fingerprint density at radius 3 is 2.61 bits per heavy atom. The van der Waals surface area contributed by atoms with Crippen molar-refractivity contribution in [2.24, 2.45) is 0 Å². The summed E-state index contributed by atoms with van der Waals surface area (Å²) in [4.78, 5) is 28.4. The van der Waals surface area contributed by atoms with Crippen molar-refractivity contribution in [2.75, 3.05) is 11.9 Å². The molecule has 0 bridgehead atoms. The van der Waals surface area contributed by atoms with Crippen LogP contribution in [0.2, 0.25) is 0 Å². The minimum Gasteiger partial charge on any atom is -0.507 e. The highest BCUT2D eigenvalue weighted by Gasteiger charge is 2.58. The number of phenolic OH excluding ortho intramolecular Hbond substituents is 1. The van der Waals surface area contributed by atoms with E-state index >= 15 is 0 Å². The number of hydrogen-bond acceptors (Lipinski definition) is 3. The Labute approximate surface area is 165 Å². The summed E-state index contributed by atoms with van der Waals surface area (Å²) in [5, 5.41) is 13.1. The van der Waals surface area contributed by atoms with E-state index < -0.39 is 5.41 Å². The lowest BCUT2D eigenvalue weighted by Gasteiger charge is -2.34. The summed E-state index contributed by atoms with van der Waals surface area (Å²) in [5.74, 6) is 0.155. The summed E-state index contributed by atoms with van der Waals surface area (Å²) in [5.41, 5.74) is 3.13. The zero-order chi connectivity index (χ0) is 20.1. The van der Waals surface area contributed by atoms with Gasteiger partial charge in [-0.3, -0.25) is 9.59 Å². The highest BCUT2D eigenvalue weighted by molar-refractivity contribution is 6.08. The second-order valence-electron chi connectivity index (χ2n) is 7.98. The van der Waals surface area contributed by atoms with E-state index in [9.17, 15) is 14.7 Å². The van der Waals surface area contributed by atoms with Gasteiger partial charge in [0.1, 0.15) is 5.75 Å². The summed E-state index contributed by atoms with van der Waals surface area (Å²) < 4.78 is 0. The molecule has 0 radical (unpaired) electrons. The molecule has 2 heterocycles. The molecule has 5 heteroatoms. The fraction of sp³-hybridized carbons (Fsp3) is 0.391. The number of rotatable bonds is 3. The minimum absolute atomic E-state index is 0.000479. The van der Waals surface area contributed by atoms with Crippen molar-refractivity contribution in [1.29, 1.82) is 0 Å². The Balaban J connectivity index is 1.76. The van der Waals surface area contributed by atoms with Crippen LogP contribution in [-0.4, -0.2) is 34.4 Å². The number of fused-ring (bicyclic) bond motifs is 2. The Bertz CT molecular complexity index is 945. The van der Waals surface area contributed by atoms with Crippen LogP contribution in [0.25, 0.3) is 0 Å². The average Bonchev–Trinajstić information content (AvgIpc) is 3.19. The molecule has 1 saturated heterocycles. The molecule has 2 aromatic carbocycles. The lowest BCUT2D eigenvalue weighted by molar-refractivity contribution is -0.121. The highest BCUT2D eigenvalue weighted by Crippen LogP contribution is 2.49. The Morgan fingerprint density at radius 2 is 1.93 bits per heavy atom. The molecule has 146 valence electrons. The van der Waals surface area contributed by atoms with Gasteiger partial charge in [-0.25, -0.2) is 0 Å². The number of amides is 2. The van der Waals surface area contributed by atoms with Gasteiger partial charge in [-0.05, 0) is 61.6 Å². The molecule has 2 aliphatic heterocycles. The van der Waals surface area contributed by atoms with E-state index in [1.54, 1.807) is 26.0 Å². The molecular formula is C23H26N2O3. The fourth-order valence-electron chi connectivity index (χ4n) is 4.97. The van der Waals surface area contributed by atoms with E-state index in [0.717, 1.165) is 24.1 Å². The fourth-order valence-corrected chi connectivity index (χ4v) is 4.97. The number of aromatic hydroxyl groups is 1. The van der Waals surface area contributed by atoms with E-state index in [4.69, 9.17) is 0 Å². The number of nitrogens with zero attached hydrogens (tertiary/aromatic N) is 1. The smallest absolute Gasteiger partial charge is 0.254 e. The number of aryl methyl sites for hydroxylation is 2. The van der Waals surface area contributed by atoms with Gasteiger partial charge in [0.25, 0.3) is 5.91 Å². The maximum atomic E-state index is 13.4. The Kier molecular flexibility index (Phi) is 4.41. The van der Waals surface area contributed by atoms with E-state index in [0.29, 0.717) is 29.7 Å². The molecular weight excluding hydrogens is 352 g/mol. The van der Waals surface area contributed by atoms with Crippen molar-refractivity contribution in [3.63, 3.8) is 0 Å². The zero-order valence-electron chi connectivity index (χ0n) is 16.6. The average molecular weight is 378 g/mol. The Morgan fingerprint density at radius 1 is 1.25 bits per heavy atom. The molecule has 5 nitrogen and oxygen atoms in total. The second kappa shape index (κ2) is 6.66. The van der Waals surface area contributed by atoms with Gasteiger partial charge in [0.05, 0.1) is 11.5 Å². The van der Waals surface area contributed by atoms with Gasteiger partial charge < -0.3 is 15.3 Å². The molecule has 28 heavy (non-hydrogen) atoms. The molecule has 2 N–H and O–H groups in total. The molecule has 2 amide bonds. The second-order valence-corrected chi connectivity index (χ2v) is 7.98. The van der Waals surface area contributed by atoms with Crippen molar-refractivity contribution < 1.29 is 14.7 Å². The molecule has 2 atom stereocenters. The van der Waals surface area contributed by atoms with Gasteiger partial charge in [-0.15, -0.1) is 0 Å². The number of benzene rings is 2. The Hall–Kier alpha value is -2.82. The lowest BCUT2D eigenvalue weighted by Crippen LogP contribution is -2.48. The molecule has 0 aromatic heterocycles. The van der Waals surface area contributed by atoms with Crippen LogP contribution in [0.5, 0.6) is 5.75 Å². The van der Waals surface area contributed by atoms with Gasteiger partial charge in [-0.1, -0.05) is 31.5 Å². The van der Waals surface area contributed by atoms with Crippen LogP contribution in [-0.2, 0) is 10.2 Å². The van der Waals surface area contributed by atoms with Gasteiger partial charge in [0, 0.05) is 17.8 Å². The van der Waals surface area contributed by atoms with Crippen molar-refractivity contribution in [1.82, 2.24) is 4.90 Å². The molecule has 1 fully saturated rings. The predicted octanol–water partition coefficient (Wildman–Crippen LogP) is 3.91. The van der Waals surface area contributed by atoms with Crippen LogP contribution in [0.4, 0.5) is 5.69 Å². The quantitative estimate of drug-likeness (QED) is 0.851. The summed E-state index contributed by atoms with van der Waals surface area (Å²) >= 11 is 0. The van der Waals surface area contributed by atoms with Crippen LogP contribution in [0.3, 0.4) is 0 Å². The van der Waals surface area contributed by atoms with Crippen molar-refractivity contribution in [3.05, 3.63) is 58.7 Å². The maximum Gasteiger partial charge on any atom is 0.254 e. The van der Waals surface area contributed by atoms with Gasteiger partial charge in [0.2, 0.25) is 5.91 Å². The van der Waals surface area contributed by atoms with Crippen molar-refractivity contribution >= 4 is 17.5 Å². The topological polar surface area (TPSA) is 69.6 Å². The monoisotopic (exact) mass is 378 g/mol. The van der Waals surface area contributed by atoms with E-state index in [1.807, 2.05) is 29.2 Å². The predicted molar refractivity (Wildman–Crippen MR) is 109 cm³/mol. The third kappa shape index (κ3) is 2.53. The summed E-state index contributed by atoms with van der Waals surface area (Å²) in [6.45, 7) is 6.23. The number of carbonyl (C=O) groups is 2. The number of anilines is 1. The number of carbonyl (C=O) groups excluding carboxylic acids is 2. The highest BCUT2D eigenvalue weighted by atomic mass is 16.3. The third-order valence-corrected chi connectivity index (χ3v) is 6.31. The van der Waals surface area contributed by atoms with Crippen LogP contribution in [0.1, 0.15) is 53.2 Å². The van der Waals surface area contributed by atoms with Crippen molar-refractivity contribution in [3.8, 4) is 5.75 Å².